The van der Waals surface area contributed by atoms with E-state index in [1.807, 2.05) is 26.8 Å². The van der Waals surface area contributed by atoms with Gasteiger partial charge in [0.2, 0.25) is 10.0 Å². The summed E-state index contributed by atoms with van der Waals surface area (Å²) in [7, 11) is -3.15. The van der Waals surface area contributed by atoms with Gasteiger partial charge in [-0.15, -0.1) is 0 Å². The quantitative estimate of drug-likeness (QED) is 0.648. The molecule has 1 fully saturated rings. The molecule has 1 aromatic heterocycles. The van der Waals surface area contributed by atoms with Gasteiger partial charge in [-0.1, -0.05) is 13.3 Å². The van der Waals surface area contributed by atoms with Crippen molar-refractivity contribution in [3.63, 3.8) is 0 Å². The van der Waals surface area contributed by atoms with E-state index in [9.17, 15) is 13.2 Å². The Morgan fingerprint density at radius 2 is 1.77 bits per heavy atom. The van der Waals surface area contributed by atoms with E-state index in [1.54, 1.807) is 4.31 Å². The Bertz CT molecular complexity index is 729. The van der Waals surface area contributed by atoms with Crippen LogP contribution in [-0.2, 0) is 10.0 Å². The van der Waals surface area contributed by atoms with Gasteiger partial charge in [-0.05, 0) is 40.2 Å². The lowest BCUT2D eigenvalue weighted by Crippen LogP contribution is -2.50. The normalized spacial score (nSPS) is 17.2. The standard InChI is InChI=1S/C19H33N3O3S/c1-6-7-12-26(24,25)21-10-8-20(9-11-21)14-19(23)18-13-16(4)22(15(2)3)17(18)5/h13,15H,6-12,14H2,1-5H3. The molecule has 2 heterocycles. The second kappa shape index (κ2) is 8.67. The van der Waals surface area contributed by atoms with E-state index in [0.717, 1.165) is 23.4 Å². The number of hydrogen-bond donors (Lipinski definition) is 0. The van der Waals surface area contributed by atoms with Gasteiger partial charge in [-0.2, -0.15) is 4.31 Å². The van der Waals surface area contributed by atoms with Crippen LogP contribution in [0, 0.1) is 13.8 Å². The fourth-order valence-electron chi connectivity index (χ4n) is 3.76. The molecular weight excluding hydrogens is 350 g/mol. The van der Waals surface area contributed by atoms with Crippen molar-refractivity contribution in [2.45, 2.75) is 53.5 Å². The monoisotopic (exact) mass is 383 g/mol. The lowest BCUT2D eigenvalue weighted by atomic mass is 10.1. The highest BCUT2D eigenvalue weighted by Crippen LogP contribution is 2.21. The molecular formula is C19H33N3O3S. The number of Topliss-reactive ketones (excluding diaryl/α,β-unsaturated/α-hetero) is 1. The number of piperazine rings is 1. The van der Waals surface area contributed by atoms with Crippen molar-refractivity contribution in [3.8, 4) is 0 Å². The number of carbonyl (C=O) groups is 1. The van der Waals surface area contributed by atoms with Gasteiger partial charge in [-0.25, -0.2) is 8.42 Å². The Kier molecular flexibility index (Phi) is 7.05. The molecule has 1 aliphatic rings. The highest BCUT2D eigenvalue weighted by Gasteiger charge is 2.28. The summed E-state index contributed by atoms with van der Waals surface area (Å²) in [6, 6.07) is 2.30. The first-order valence-corrected chi connectivity index (χ1v) is 11.2. The molecule has 0 atom stereocenters. The molecule has 26 heavy (non-hydrogen) atoms. The summed E-state index contributed by atoms with van der Waals surface area (Å²) >= 11 is 0. The molecule has 0 bridgehead atoms. The molecule has 7 heteroatoms. The Balaban J connectivity index is 1.96. The Morgan fingerprint density at radius 1 is 1.15 bits per heavy atom. The third-order valence-corrected chi connectivity index (χ3v) is 7.11. The van der Waals surface area contributed by atoms with Crippen LogP contribution in [0.15, 0.2) is 6.07 Å². The van der Waals surface area contributed by atoms with E-state index in [-0.39, 0.29) is 11.5 Å². The molecule has 148 valence electrons. The average Bonchev–Trinajstić information content (AvgIpc) is 2.88. The first-order valence-electron chi connectivity index (χ1n) is 9.59. The predicted molar refractivity (Wildman–Crippen MR) is 105 cm³/mol. The molecule has 0 N–H and O–H groups in total. The Hall–Kier alpha value is -1.18. The summed E-state index contributed by atoms with van der Waals surface area (Å²) in [6.07, 6.45) is 1.58. The van der Waals surface area contributed by atoms with Gasteiger partial charge in [0.05, 0.1) is 12.3 Å². The maximum absolute atomic E-state index is 12.8. The molecule has 0 unspecified atom stereocenters. The molecule has 0 aromatic carbocycles. The molecule has 0 aliphatic carbocycles. The van der Waals surface area contributed by atoms with Crippen LogP contribution in [0.4, 0.5) is 0 Å². The summed E-state index contributed by atoms with van der Waals surface area (Å²) in [5, 5.41) is 0. The maximum Gasteiger partial charge on any atom is 0.214 e. The van der Waals surface area contributed by atoms with Crippen LogP contribution in [0.1, 0.15) is 61.4 Å². The van der Waals surface area contributed by atoms with E-state index in [4.69, 9.17) is 0 Å². The second-order valence-corrected chi connectivity index (χ2v) is 9.60. The number of nitrogens with zero attached hydrogens (tertiary/aromatic N) is 3. The number of aryl methyl sites for hydroxylation is 1. The van der Waals surface area contributed by atoms with Crippen LogP contribution >= 0.6 is 0 Å². The van der Waals surface area contributed by atoms with Crippen LogP contribution in [0.25, 0.3) is 0 Å². The zero-order valence-electron chi connectivity index (χ0n) is 16.8. The highest BCUT2D eigenvalue weighted by molar-refractivity contribution is 7.89. The minimum Gasteiger partial charge on any atom is -0.346 e. The number of sulfonamides is 1. The predicted octanol–water partition coefficient (Wildman–Crippen LogP) is 2.62. The molecule has 0 spiro atoms. The summed E-state index contributed by atoms with van der Waals surface area (Å²) in [6.45, 7) is 12.8. The van der Waals surface area contributed by atoms with E-state index < -0.39 is 10.0 Å². The molecule has 1 aliphatic heterocycles. The van der Waals surface area contributed by atoms with Crippen molar-refractivity contribution >= 4 is 15.8 Å². The molecule has 0 amide bonds. The van der Waals surface area contributed by atoms with Crippen molar-refractivity contribution in [3.05, 3.63) is 23.0 Å². The van der Waals surface area contributed by atoms with Crippen molar-refractivity contribution in [2.75, 3.05) is 38.5 Å². The lowest BCUT2D eigenvalue weighted by Gasteiger charge is -2.33. The topological polar surface area (TPSA) is 62.6 Å². The van der Waals surface area contributed by atoms with Gasteiger partial charge < -0.3 is 4.57 Å². The highest BCUT2D eigenvalue weighted by atomic mass is 32.2. The van der Waals surface area contributed by atoms with Crippen LogP contribution in [0.2, 0.25) is 0 Å². The number of rotatable bonds is 8. The Morgan fingerprint density at radius 3 is 2.27 bits per heavy atom. The van der Waals surface area contributed by atoms with E-state index in [2.05, 4.69) is 23.3 Å². The van der Waals surface area contributed by atoms with Gasteiger partial charge in [0.1, 0.15) is 0 Å². The van der Waals surface area contributed by atoms with Crippen molar-refractivity contribution in [1.82, 2.24) is 13.8 Å². The summed E-state index contributed by atoms with van der Waals surface area (Å²) < 4.78 is 28.3. The number of carbonyl (C=O) groups excluding carboxylic acids is 1. The first-order chi connectivity index (χ1) is 12.2. The molecule has 1 aromatic rings. The zero-order chi connectivity index (χ0) is 19.5. The van der Waals surface area contributed by atoms with Gasteiger partial charge in [0.25, 0.3) is 0 Å². The number of unbranched alkanes of at least 4 members (excludes halogenated alkanes) is 1. The number of ketones is 1. The second-order valence-electron chi connectivity index (χ2n) is 7.52. The number of aromatic nitrogens is 1. The van der Waals surface area contributed by atoms with Gasteiger partial charge in [0, 0.05) is 49.2 Å². The molecule has 0 saturated carbocycles. The fourth-order valence-corrected chi connectivity index (χ4v) is 5.40. The van der Waals surface area contributed by atoms with Crippen LogP contribution in [-0.4, -0.2) is 66.4 Å². The molecule has 2 rings (SSSR count). The summed E-state index contributed by atoms with van der Waals surface area (Å²) in [5.74, 6) is 0.344. The molecule has 0 radical (unpaired) electrons. The lowest BCUT2D eigenvalue weighted by molar-refractivity contribution is 0.0901. The molecule has 1 saturated heterocycles. The van der Waals surface area contributed by atoms with Gasteiger partial charge >= 0.3 is 0 Å². The number of hydrogen-bond acceptors (Lipinski definition) is 4. The maximum atomic E-state index is 12.8. The van der Waals surface area contributed by atoms with Crippen molar-refractivity contribution < 1.29 is 13.2 Å². The van der Waals surface area contributed by atoms with Crippen molar-refractivity contribution in [1.29, 1.82) is 0 Å². The first kappa shape index (κ1) is 21.1. The summed E-state index contributed by atoms with van der Waals surface area (Å²) in [4.78, 5) is 14.8. The zero-order valence-corrected chi connectivity index (χ0v) is 17.6. The van der Waals surface area contributed by atoms with Crippen molar-refractivity contribution in [2.24, 2.45) is 0 Å². The minimum absolute atomic E-state index is 0.118. The van der Waals surface area contributed by atoms with Crippen LogP contribution in [0.3, 0.4) is 0 Å². The van der Waals surface area contributed by atoms with Gasteiger partial charge in [-0.3, -0.25) is 9.69 Å². The van der Waals surface area contributed by atoms with Gasteiger partial charge in [0.15, 0.2) is 5.78 Å². The van der Waals surface area contributed by atoms with Crippen LogP contribution in [0.5, 0.6) is 0 Å². The largest absolute Gasteiger partial charge is 0.346 e. The van der Waals surface area contributed by atoms with Crippen LogP contribution < -0.4 is 0 Å². The SMILES string of the molecule is CCCCS(=O)(=O)N1CCN(CC(=O)c2cc(C)n(C(C)C)c2C)CC1. The minimum atomic E-state index is -3.15. The third kappa shape index (κ3) is 4.75. The third-order valence-electron chi connectivity index (χ3n) is 5.15. The smallest absolute Gasteiger partial charge is 0.214 e. The fraction of sp³-hybridized carbons (Fsp3) is 0.737. The van der Waals surface area contributed by atoms with E-state index in [0.29, 0.717) is 45.2 Å². The van der Waals surface area contributed by atoms with E-state index >= 15 is 0 Å². The Labute approximate surface area is 158 Å². The summed E-state index contributed by atoms with van der Waals surface area (Å²) in [5.41, 5.74) is 2.91. The molecule has 6 nitrogen and oxygen atoms in total. The van der Waals surface area contributed by atoms with E-state index in [1.165, 1.54) is 0 Å². The average molecular weight is 384 g/mol.